The summed E-state index contributed by atoms with van der Waals surface area (Å²) in [4.78, 5) is 136. The molecule has 0 saturated carbocycles. The van der Waals surface area contributed by atoms with Crippen molar-refractivity contribution in [2.45, 2.75) is 182 Å². The fraction of sp³-hybridized carbons (Fsp3) is 0.727. The van der Waals surface area contributed by atoms with Gasteiger partial charge in [-0.25, -0.2) is 19.2 Å². The first kappa shape index (κ1) is 59.7. The SMILES string of the molecule is CC[C@@]1(C[C@@H](C)C(=O)O)NC(=O)NC1=O.CC[C@@]1(C[C@@H](C)C(=O)OC(C)(C)C)NC(=O)NC1=O.CC[C@]1(C[C@H](C)C(=O)O)NC(=O)NC1=O.CC[C@]1(C[C@H](C)C(=O)OC(C)(C)C)NC(=O)NC1=O. The summed E-state index contributed by atoms with van der Waals surface area (Å²) >= 11 is 0. The quantitative estimate of drug-likeness (QED) is 0.0785. The van der Waals surface area contributed by atoms with Crippen molar-refractivity contribution in [1.29, 1.82) is 0 Å². The first-order valence-electron chi connectivity index (χ1n) is 22.5. The lowest BCUT2D eigenvalue weighted by Crippen LogP contribution is -2.48. The minimum absolute atomic E-state index is 0.108. The van der Waals surface area contributed by atoms with E-state index < -0.39 is 105 Å². The number of amides is 12. The Hall–Kier alpha value is -6.36. The Morgan fingerprint density at radius 1 is 0.426 bits per heavy atom. The molecule has 0 aromatic heterocycles. The summed E-state index contributed by atoms with van der Waals surface area (Å²) in [6, 6.07) is -2.13. The van der Waals surface area contributed by atoms with Gasteiger partial charge in [0.2, 0.25) is 0 Å². The fourth-order valence-electron chi connectivity index (χ4n) is 7.50. The van der Waals surface area contributed by atoms with Gasteiger partial charge in [-0.3, -0.25) is 59.6 Å². The molecule has 10 N–H and O–H groups in total. The van der Waals surface area contributed by atoms with Crippen LogP contribution in [-0.4, -0.2) is 115 Å². The lowest BCUT2D eigenvalue weighted by molar-refractivity contribution is -0.161. The second-order valence-corrected chi connectivity index (χ2v) is 19.5. The summed E-state index contributed by atoms with van der Waals surface area (Å²) in [6.07, 6.45) is 2.29. The summed E-state index contributed by atoms with van der Waals surface area (Å²) < 4.78 is 10.6. The van der Waals surface area contributed by atoms with Gasteiger partial charge in [0.1, 0.15) is 33.4 Å². The minimum Gasteiger partial charge on any atom is -0.481 e. The molecule has 0 aromatic carbocycles. The predicted molar refractivity (Wildman–Crippen MR) is 241 cm³/mol. The highest BCUT2D eigenvalue weighted by atomic mass is 16.6. The van der Waals surface area contributed by atoms with Crippen LogP contribution in [0.1, 0.15) is 148 Å². The van der Waals surface area contributed by atoms with Crippen LogP contribution in [0.2, 0.25) is 0 Å². The number of carbonyl (C=O) groups is 12. The average Bonchev–Trinajstić information content (AvgIpc) is 3.87. The number of nitrogens with one attached hydrogen (secondary N) is 8. The van der Waals surface area contributed by atoms with Crippen molar-refractivity contribution < 1.29 is 77.2 Å². The van der Waals surface area contributed by atoms with Crippen LogP contribution >= 0.6 is 0 Å². The van der Waals surface area contributed by atoms with Crippen LogP contribution in [0.4, 0.5) is 19.2 Å². The Morgan fingerprint density at radius 2 is 0.618 bits per heavy atom. The van der Waals surface area contributed by atoms with Crippen LogP contribution in [0.5, 0.6) is 0 Å². The summed E-state index contributed by atoms with van der Waals surface area (Å²) in [5, 5.41) is 36.4. The van der Waals surface area contributed by atoms with E-state index >= 15 is 0 Å². The van der Waals surface area contributed by atoms with Crippen molar-refractivity contribution in [2.24, 2.45) is 23.7 Å². The first-order valence-corrected chi connectivity index (χ1v) is 22.5. The second-order valence-electron chi connectivity index (χ2n) is 19.5. The van der Waals surface area contributed by atoms with Crippen molar-refractivity contribution in [1.82, 2.24) is 42.5 Å². The van der Waals surface area contributed by atoms with Gasteiger partial charge in [0.05, 0.1) is 23.7 Å². The van der Waals surface area contributed by atoms with Crippen LogP contribution < -0.4 is 42.5 Å². The molecule has 0 bridgehead atoms. The molecule has 0 aliphatic carbocycles. The molecule has 0 radical (unpaired) electrons. The lowest BCUT2D eigenvalue weighted by atomic mass is 9.86. The van der Waals surface area contributed by atoms with E-state index in [1.54, 1.807) is 83.1 Å². The van der Waals surface area contributed by atoms with Gasteiger partial charge >= 0.3 is 48.0 Å². The molecule has 0 spiro atoms. The summed E-state index contributed by atoms with van der Waals surface area (Å²) in [5.74, 6) is -6.61. The summed E-state index contributed by atoms with van der Waals surface area (Å²) in [6.45, 7) is 24.2. The highest BCUT2D eigenvalue weighted by molar-refractivity contribution is 6.09. The summed E-state index contributed by atoms with van der Waals surface area (Å²) in [7, 11) is 0. The van der Waals surface area contributed by atoms with E-state index in [4.69, 9.17) is 19.7 Å². The molecule has 384 valence electrons. The highest BCUT2D eigenvalue weighted by Gasteiger charge is 2.49. The maximum Gasteiger partial charge on any atom is 0.322 e. The maximum atomic E-state index is 11.9. The van der Waals surface area contributed by atoms with Gasteiger partial charge in [-0.05, 0) is 92.9 Å². The number of carboxylic acids is 2. The molecule has 4 aliphatic heterocycles. The van der Waals surface area contributed by atoms with Gasteiger partial charge in [-0.15, -0.1) is 0 Å². The van der Waals surface area contributed by atoms with E-state index in [0.29, 0.717) is 25.7 Å². The monoisotopic (exact) mass is 969 g/mol. The zero-order valence-electron chi connectivity index (χ0n) is 41.6. The Kier molecular flexibility index (Phi) is 20.7. The van der Waals surface area contributed by atoms with Crippen LogP contribution in [0, 0.1) is 23.7 Å². The van der Waals surface area contributed by atoms with Crippen molar-refractivity contribution in [3.8, 4) is 0 Å². The highest BCUT2D eigenvalue weighted by Crippen LogP contribution is 2.29. The van der Waals surface area contributed by atoms with Crippen molar-refractivity contribution >= 4 is 71.6 Å². The number of urea groups is 4. The van der Waals surface area contributed by atoms with E-state index in [1.165, 1.54) is 13.8 Å². The Morgan fingerprint density at radius 3 is 0.750 bits per heavy atom. The third-order valence-electron chi connectivity index (χ3n) is 11.6. The van der Waals surface area contributed by atoms with Gasteiger partial charge in [0, 0.05) is 0 Å². The number of carboxylic acid groups (broad SMARTS) is 2. The second kappa shape index (κ2) is 23.6. The number of ether oxygens (including phenoxy) is 2. The average molecular weight is 969 g/mol. The molecule has 8 atom stereocenters. The van der Waals surface area contributed by atoms with E-state index in [-0.39, 0.29) is 49.4 Å². The smallest absolute Gasteiger partial charge is 0.322 e. The topological polar surface area (TPSA) is 360 Å². The number of carbonyl (C=O) groups excluding carboxylic acids is 10. The number of esters is 2. The molecule has 4 aliphatic rings. The predicted octanol–water partition coefficient (Wildman–Crippen LogP) is 2.86. The zero-order valence-corrected chi connectivity index (χ0v) is 41.6. The number of aliphatic carboxylic acids is 2. The van der Waals surface area contributed by atoms with Gasteiger partial charge < -0.3 is 41.0 Å². The van der Waals surface area contributed by atoms with Crippen LogP contribution in [-0.2, 0) is 47.8 Å². The maximum absolute atomic E-state index is 11.9. The van der Waals surface area contributed by atoms with E-state index in [9.17, 15) is 57.5 Å². The van der Waals surface area contributed by atoms with Crippen LogP contribution in [0.25, 0.3) is 0 Å². The Bertz CT molecular complexity index is 1840. The number of imide groups is 4. The molecule has 4 rings (SSSR count). The van der Waals surface area contributed by atoms with Crippen molar-refractivity contribution in [3.05, 3.63) is 0 Å². The first-order chi connectivity index (χ1) is 31.0. The van der Waals surface area contributed by atoms with Crippen LogP contribution in [0.3, 0.4) is 0 Å². The Labute approximate surface area is 396 Å². The molecule has 0 aromatic rings. The van der Waals surface area contributed by atoms with Gasteiger partial charge in [-0.2, -0.15) is 0 Å². The number of hydrogen-bond acceptors (Lipinski definition) is 14. The Balaban J connectivity index is 0.000000456. The fourth-order valence-corrected chi connectivity index (χ4v) is 7.50. The zero-order chi connectivity index (χ0) is 53.0. The molecule has 4 heterocycles. The van der Waals surface area contributed by atoms with E-state index in [0.717, 1.165) is 0 Å². The molecule has 68 heavy (non-hydrogen) atoms. The van der Waals surface area contributed by atoms with Crippen molar-refractivity contribution in [3.63, 3.8) is 0 Å². The largest absolute Gasteiger partial charge is 0.481 e. The molecule has 12 amide bonds. The third-order valence-corrected chi connectivity index (χ3v) is 11.6. The van der Waals surface area contributed by atoms with Crippen molar-refractivity contribution in [2.75, 3.05) is 0 Å². The van der Waals surface area contributed by atoms with Gasteiger partial charge in [-0.1, -0.05) is 55.4 Å². The minimum atomic E-state index is -1.06. The van der Waals surface area contributed by atoms with E-state index in [1.807, 2.05) is 0 Å². The molecule has 24 nitrogen and oxygen atoms in total. The number of hydrogen-bond donors (Lipinski definition) is 10. The third kappa shape index (κ3) is 16.5. The van der Waals surface area contributed by atoms with Gasteiger partial charge in [0.15, 0.2) is 0 Å². The van der Waals surface area contributed by atoms with Gasteiger partial charge in [0.25, 0.3) is 23.6 Å². The number of rotatable bonds is 16. The van der Waals surface area contributed by atoms with Crippen LogP contribution in [0.15, 0.2) is 0 Å². The lowest BCUT2D eigenvalue weighted by Gasteiger charge is -2.28. The standard InChI is InChI=1S/2C13H22N2O4.2C9H14N2O4/c2*1-6-13(10(17)14-11(18)15-13)7-8(2)9(16)19-12(3,4)5;2*1-3-9(4-5(2)6(12)13)7(14)10-8(15)11-9/h2*8H,6-7H2,1-5H3,(H2,14,15,17,18);2*5H,3-4H2,1-2H3,(H,12,13)(H2,10,11,14,15)/t2*8-,13+;2*5-,9+/m1010/s1. The molecule has 24 heteroatoms. The normalized spacial score (nSPS) is 25.7. The molecule has 4 saturated heterocycles. The summed E-state index contributed by atoms with van der Waals surface area (Å²) in [5.41, 5.74) is -5.26. The molecule has 4 fully saturated rings. The van der Waals surface area contributed by atoms with E-state index in [2.05, 4.69) is 42.5 Å². The molecular formula is C44H72N8O16. The molecular weight excluding hydrogens is 897 g/mol. The molecule has 0 unspecified atom stereocenters.